The van der Waals surface area contributed by atoms with E-state index in [1.54, 1.807) is 6.07 Å². The van der Waals surface area contributed by atoms with E-state index in [1.165, 1.54) is 0 Å². The lowest BCUT2D eigenvalue weighted by Crippen LogP contribution is -2.31. The van der Waals surface area contributed by atoms with Crippen molar-refractivity contribution in [2.45, 2.75) is 6.42 Å². The predicted molar refractivity (Wildman–Crippen MR) is 94.4 cm³/mol. The van der Waals surface area contributed by atoms with Crippen molar-refractivity contribution in [2.75, 3.05) is 11.9 Å². The molecule has 1 heterocycles. The maximum absolute atomic E-state index is 12.5. The summed E-state index contributed by atoms with van der Waals surface area (Å²) in [5, 5.41) is 7.81. The van der Waals surface area contributed by atoms with Crippen LogP contribution in [0.4, 0.5) is 5.69 Å². The maximum atomic E-state index is 12.5. The first-order valence-electron chi connectivity index (χ1n) is 7.92. The third-order valence-corrected chi connectivity index (χ3v) is 4.30. The summed E-state index contributed by atoms with van der Waals surface area (Å²) in [4.78, 5) is 24.4. The van der Waals surface area contributed by atoms with Crippen molar-refractivity contribution >= 4 is 28.3 Å². The highest BCUT2D eigenvalue weighted by Crippen LogP contribution is 2.21. The molecule has 3 aromatic rings. The molecule has 0 unspecified atom stereocenters. The molecule has 0 aliphatic carbocycles. The molecule has 2 N–H and O–H groups in total. The summed E-state index contributed by atoms with van der Waals surface area (Å²) in [7, 11) is 0. The molecule has 0 fully saturated rings. The van der Waals surface area contributed by atoms with Crippen LogP contribution >= 0.6 is 0 Å². The van der Waals surface area contributed by atoms with E-state index in [-0.39, 0.29) is 11.8 Å². The van der Waals surface area contributed by atoms with Crippen LogP contribution in [0, 0.1) is 0 Å². The number of carbonyl (C=O) groups is 2. The average molecular weight is 316 g/mol. The number of benzene rings is 3. The lowest BCUT2D eigenvalue weighted by atomic mass is 9.99. The fourth-order valence-corrected chi connectivity index (χ4v) is 3.02. The van der Waals surface area contributed by atoms with Gasteiger partial charge >= 0.3 is 0 Å². The van der Waals surface area contributed by atoms with Gasteiger partial charge in [-0.2, -0.15) is 0 Å². The molecule has 4 nitrogen and oxygen atoms in total. The van der Waals surface area contributed by atoms with Gasteiger partial charge in [-0.05, 0) is 47.0 Å². The van der Waals surface area contributed by atoms with Gasteiger partial charge < -0.3 is 10.6 Å². The lowest BCUT2D eigenvalue weighted by molar-refractivity contribution is 0.0944. The summed E-state index contributed by atoms with van der Waals surface area (Å²) in [5.41, 5.74) is 2.87. The second kappa shape index (κ2) is 5.81. The Kier molecular flexibility index (Phi) is 3.50. The fourth-order valence-electron chi connectivity index (χ4n) is 3.02. The van der Waals surface area contributed by atoms with Crippen LogP contribution in [-0.2, 0) is 6.42 Å². The molecule has 4 rings (SSSR count). The first-order valence-corrected chi connectivity index (χ1v) is 7.92. The summed E-state index contributed by atoms with van der Waals surface area (Å²) in [5.74, 6) is -0.269. The number of fused-ring (bicyclic) bond motifs is 2. The average Bonchev–Trinajstić information content (AvgIpc) is 2.62. The van der Waals surface area contributed by atoms with Crippen LogP contribution in [0.1, 0.15) is 26.3 Å². The van der Waals surface area contributed by atoms with Crippen molar-refractivity contribution in [2.24, 2.45) is 0 Å². The highest BCUT2D eigenvalue weighted by atomic mass is 16.2. The SMILES string of the molecule is O=C(Nc1ccc2c(c1)C(=O)NCC2)c1ccc2ccccc2c1. The van der Waals surface area contributed by atoms with Crippen molar-refractivity contribution in [3.63, 3.8) is 0 Å². The monoisotopic (exact) mass is 316 g/mol. The molecule has 118 valence electrons. The third-order valence-electron chi connectivity index (χ3n) is 4.30. The van der Waals surface area contributed by atoms with Gasteiger partial charge in [0.05, 0.1) is 0 Å². The summed E-state index contributed by atoms with van der Waals surface area (Å²) < 4.78 is 0. The van der Waals surface area contributed by atoms with Crippen LogP contribution in [0.2, 0.25) is 0 Å². The number of rotatable bonds is 2. The molecular weight excluding hydrogens is 300 g/mol. The minimum Gasteiger partial charge on any atom is -0.352 e. The molecule has 0 saturated carbocycles. The van der Waals surface area contributed by atoms with Crippen LogP contribution < -0.4 is 10.6 Å². The molecule has 3 aromatic carbocycles. The molecule has 1 aliphatic heterocycles. The van der Waals surface area contributed by atoms with Crippen LogP contribution in [0.5, 0.6) is 0 Å². The Labute approximate surface area is 139 Å². The van der Waals surface area contributed by atoms with Gasteiger partial charge in [-0.25, -0.2) is 0 Å². The van der Waals surface area contributed by atoms with Gasteiger partial charge in [0.1, 0.15) is 0 Å². The molecule has 1 aliphatic rings. The Bertz CT molecular complexity index is 963. The van der Waals surface area contributed by atoms with Crippen LogP contribution in [-0.4, -0.2) is 18.4 Å². The molecule has 0 bridgehead atoms. The predicted octanol–water partition coefficient (Wildman–Crippen LogP) is 3.38. The topological polar surface area (TPSA) is 58.2 Å². The van der Waals surface area contributed by atoms with E-state index in [2.05, 4.69) is 10.6 Å². The Morgan fingerprint density at radius 3 is 2.67 bits per heavy atom. The highest BCUT2D eigenvalue weighted by molar-refractivity contribution is 6.07. The number of hydrogen-bond donors (Lipinski definition) is 2. The van der Waals surface area contributed by atoms with Gasteiger partial charge in [-0.1, -0.05) is 36.4 Å². The van der Waals surface area contributed by atoms with E-state index in [1.807, 2.05) is 54.6 Å². The Balaban J connectivity index is 1.61. The fraction of sp³-hybridized carbons (Fsp3) is 0.100. The molecular formula is C20H16N2O2. The standard InChI is InChI=1S/C20H16N2O2/c23-19(16-6-5-13-3-1-2-4-15(13)11-16)22-17-8-7-14-9-10-21-20(24)18(14)12-17/h1-8,11-12H,9-10H2,(H,21,24)(H,22,23). The largest absolute Gasteiger partial charge is 0.352 e. The van der Waals surface area contributed by atoms with Crippen molar-refractivity contribution in [1.29, 1.82) is 0 Å². The lowest BCUT2D eigenvalue weighted by Gasteiger charge is -2.17. The zero-order valence-corrected chi connectivity index (χ0v) is 13.0. The first kappa shape index (κ1) is 14.5. The molecule has 0 saturated heterocycles. The van der Waals surface area contributed by atoms with E-state index in [0.29, 0.717) is 23.4 Å². The summed E-state index contributed by atoms with van der Waals surface area (Å²) in [6.45, 7) is 0.661. The molecule has 4 heteroatoms. The number of anilines is 1. The Hall–Kier alpha value is -3.14. The molecule has 0 atom stereocenters. The van der Waals surface area contributed by atoms with Crippen molar-refractivity contribution in [3.8, 4) is 0 Å². The van der Waals surface area contributed by atoms with Crippen molar-refractivity contribution < 1.29 is 9.59 Å². The second-order valence-electron chi connectivity index (χ2n) is 5.89. The van der Waals surface area contributed by atoms with Gasteiger partial charge in [-0.15, -0.1) is 0 Å². The first-order chi connectivity index (χ1) is 11.7. The minimum atomic E-state index is -0.183. The normalized spacial score (nSPS) is 13.2. The van der Waals surface area contributed by atoms with Gasteiger partial charge in [0.15, 0.2) is 0 Å². The molecule has 0 aromatic heterocycles. The Morgan fingerprint density at radius 1 is 0.958 bits per heavy atom. The molecule has 24 heavy (non-hydrogen) atoms. The number of carbonyl (C=O) groups excluding carboxylic acids is 2. The van der Waals surface area contributed by atoms with E-state index in [0.717, 1.165) is 22.8 Å². The van der Waals surface area contributed by atoms with Crippen molar-refractivity contribution in [3.05, 3.63) is 77.4 Å². The zero-order valence-electron chi connectivity index (χ0n) is 13.0. The van der Waals surface area contributed by atoms with E-state index < -0.39 is 0 Å². The third kappa shape index (κ3) is 2.63. The summed E-state index contributed by atoms with van der Waals surface area (Å²) >= 11 is 0. The zero-order chi connectivity index (χ0) is 16.5. The number of hydrogen-bond acceptors (Lipinski definition) is 2. The van der Waals surface area contributed by atoms with Gasteiger partial charge in [0.2, 0.25) is 0 Å². The minimum absolute atomic E-state index is 0.0851. The number of nitrogens with one attached hydrogen (secondary N) is 2. The summed E-state index contributed by atoms with van der Waals surface area (Å²) in [6, 6.07) is 19.0. The van der Waals surface area contributed by atoms with Crippen molar-refractivity contribution in [1.82, 2.24) is 5.32 Å². The summed E-state index contributed by atoms with van der Waals surface area (Å²) in [6.07, 6.45) is 0.819. The van der Waals surface area contributed by atoms with E-state index in [4.69, 9.17) is 0 Å². The number of amides is 2. The molecule has 0 radical (unpaired) electrons. The van der Waals surface area contributed by atoms with Gasteiger partial charge in [0.25, 0.3) is 11.8 Å². The highest BCUT2D eigenvalue weighted by Gasteiger charge is 2.17. The van der Waals surface area contributed by atoms with Crippen LogP contribution in [0.15, 0.2) is 60.7 Å². The van der Waals surface area contributed by atoms with Crippen LogP contribution in [0.3, 0.4) is 0 Å². The Morgan fingerprint density at radius 2 is 1.79 bits per heavy atom. The molecule has 0 spiro atoms. The smallest absolute Gasteiger partial charge is 0.255 e. The molecule has 2 amide bonds. The van der Waals surface area contributed by atoms with Crippen LogP contribution in [0.25, 0.3) is 10.8 Å². The van der Waals surface area contributed by atoms with E-state index in [9.17, 15) is 9.59 Å². The van der Waals surface area contributed by atoms with E-state index >= 15 is 0 Å². The second-order valence-corrected chi connectivity index (χ2v) is 5.89. The maximum Gasteiger partial charge on any atom is 0.255 e. The van der Waals surface area contributed by atoms with Gasteiger partial charge in [0, 0.05) is 23.4 Å². The quantitative estimate of drug-likeness (QED) is 0.761. The van der Waals surface area contributed by atoms with Gasteiger partial charge in [-0.3, -0.25) is 9.59 Å².